The molecule has 124 valence electrons. The first-order chi connectivity index (χ1) is 9.66. The van der Waals surface area contributed by atoms with Gasteiger partial charge in [0.25, 0.3) is 0 Å². The largest absolute Gasteiger partial charge is 0.376 e. The van der Waals surface area contributed by atoms with Crippen molar-refractivity contribution in [2.24, 2.45) is 17.6 Å². The van der Waals surface area contributed by atoms with Crippen LogP contribution in [0, 0.1) is 11.8 Å². The summed E-state index contributed by atoms with van der Waals surface area (Å²) in [4.78, 5) is 12.0. The molecule has 0 aliphatic heterocycles. The quantitative estimate of drug-likeness (QED) is 0.766. The van der Waals surface area contributed by atoms with E-state index in [0.717, 1.165) is 25.7 Å². The van der Waals surface area contributed by atoms with Crippen LogP contribution < -0.4 is 11.1 Å². The first-order valence-corrected chi connectivity index (χ1v) is 8.31. The molecule has 2 aliphatic rings. The van der Waals surface area contributed by atoms with Crippen molar-refractivity contribution in [2.45, 2.75) is 70.4 Å². The van der Waals surface area contributed by atoms with E-state index in [1.54, 1.807) is 0 Å². The van der Waals surface area contributed by atoms with Gasteiger partial charge in [0, 0.05) is 18.5 Å². The second-order valence-electron chi connectivity index (χ2n) is 6.59. The number of amides is 1. The number of rotatable bonds is 5. The predicted molar refractivity (Wildman–Crippen MR) is 87.6 cm³/mol. The smallest absolute Gasteiger partial charge is 0.223 e. The zero-order valence-electron chi connectivity index (χ0n) is 13.2. The number of hydrogen-bond acceptors (Lipinski definition) is 3. The van der Waals surface area contributed by atoms with Gasteiger partial charge in [0.05, 0.1) is 12.7 Å². The SMILES string of the molecule is CC1CCCCC1OCCNC(=O)C1CCCC(N)C1.Cl. The topological polar surface area (TPSA) is 64.3 Å². The molecule has 2 aliphatic carbocycles. The molecular formula is C16H31ClN2O2. The summed E-state index contributed by atoms with van der Waals surface area (Å²) in [5, 5.41) is 3.01. The van der Waals surface area contributed by atoms with E-state index in [4.69, 9.17) is 10.5 Å². The van der Waals surface area contributed by atoms with Crippen LogP contribution in [0.15, 0.2) is 0 Å². The maximum Gasteiger partial charge on any atom is 0.223 e. The zero-order chi connectivity index (χ0) is 14.4. The Kier molecular flexibility index (Phi) is 8.60. The Balaban J connectivity index is 0.00000220. The van der Waals surface area contributed by atoms with Gasteiger partial charge in [0.15, 0.2) is 0 Å². The van der Waals surface area contributed by atoms with Gasteiger partial charge in [-0.2, -0.15) is 0 Å². The summed E-state index contributed by atoms with van der Waals surface area (Å²) in [6, 6.07) is 0.207. The molecule has 5 heteroatoms. The van der Waals surface area contributed by atoms with E-state index in [9.17, 15) is 4.79 Å². The highest BCUT2D eigenvalue weighted by molar-refractivity contribution is 5.85. The molecule has 0 aromatic rings. The van der Waals surface area contributed by atoms with Crippen LogP contribution in [0.2, 0.25) is 0 Å². The Bertz CT molecular complexity index is 315. The summed E-state index contributed by atoms with van der Waals surface area (Å²) in [5.74, 6) is 0.948. The summed E-state index contributed by atoms with van der Waals surface area (Å²) in [5.41, 5.74) is 5.93. The summed E-state index contributed by atoms with van der Waals surface area (Å²) < 4.78 is 5.91. The van der Waals surface area contributed by atoms with Gasteiger partial charge in [-0.25, -0.2) is 0 Å². The Morgan fingerprint density at radius 3 is 2.67 bits per heavy atom. The van der Waals surface area contributed by atoms with Gasteiger partial charge in [0.2, 0.25) is 5.91 Å². The minimum Gasteiger partial charge on any atom is -0.376 e. The standard InChI is InChI=1S/C16H30N2O2.ClH/c1-12-5-2-3-8-15(12)20-10-9-18-16(19)13-6-4-7-14(17)11-13;/h12-15H,2-11,17H2,1H3,(H,18,19);1H. The van der Waals surface area contributed by atoms with Crippen LogP contribution in [0.5, 0.6) is 0 Å². The van der Waals surface area contributed by atoms with Gasteiger partial charge in [-0.3, -0.25) is 4.79 Å². The van der Waals surface area contributed by atoms with Gasteiger partial charge >= 0.3 is 0 Å². The molecule has 1 amide bonds. The maximum atomic E-state index is 12.0. The average Bonchev–Trinajstić information content (AvgIpc) is 2.45. The molecule has 4 unspecified atom stereocenters. The molecular weight excluding hydrogens is 288 g/mol. The normalized spacial score (nSPS) is 33.0. The second kappa shape index (κ2) is 9.65. The van der Waals surface area contributed by atoms with Crippen molar-refractivity contribution in [1.29, 1.82) is 0 Å². The fourth-order valence-electron chi connectivity index (χ4n) is 3.52. The van der Waals surface area contributed by atoms with Crippen LogP contribution in [0.3, 0.4) is 0 Å². The lowest BCUT2D eigenvalue weighted by Crippen LogP contribution is -2.39. The highest BCUT2D eigenvalue weighted by Gasteiger charge is 2.25. The first kappa shape index (κ1) is 18.7. The third-order valence-corrected chi connectivity index (χ3v) is 4.85. The molecule has 0 aromatic heterocycles. The molecule has 0 bridgehead atoms. The van der Waals surface area contributed by atoms with Crippen molar-refractivity contribution >= 4 is 18.3 Å². The summed E-state index contributed by atoms with van der Waals surface area (Å²) >= 11 is 0. The van der Waals surface area contributed by atoms with Crippen molar-refractivity contribution < 1.29 is 9.53 Å². The molecule has 0 heterocycles. The van der Waals surface area contributed by atoms with Gasteiger partial charge in [-0.05, 0) is 38.0 Å². The van der Waals surface area contributed by atoms with Crippen LogP contribution >= 0.6 is 12.4 Å². The molecule has 0 spiro atoms. The van der Waals surface area contributed by atoms with Crippen molar-refractivity contribution in [3.8, 4) is 0 Å². The molecule has 0 saturated heterocycles. The van der Waals surface area contributed by atoms with Crippen molar-refractivity contribution in [2.75, 3.05) is 13.2 Å². The summed E-state index contributed by atoms with van der Waals surface area (Å²) in [7, 11) is 0. The van der Waals surface area contributed by atoms with Gasteiger partial charge in [-0.1, -0.05) is 26.2 Å². The van der Waals surface area contributed by atoms with Crippen LogP contribution in [0.1, 0.15) is 58.3 Å². The monoisotopic (exact) mass is 318 g/mol. The maximum absolute atomic E-state index is 12.0. The Morgan fingerprint density at radius 2 is 1.95 bits per heavy atom. The van der Waals surface area contributed by atoms with Gasteiger partial charge in [0.1, 0.15) is 0 Å². The lowest BCUT2D eigenvalue weighted by atomic mass is 9.85. The second-order valence-corrected chi connectivity index (χ2v) is 6.59. The Labute approximate surface area is 135 Å². The predicted octanol–water partition coefficient (Wildman–Crippen LogP) is 2.64. The fraction of sp³-hybridized carbons (Fsp3) is 0.938. The minimum atomic E-state index is 0. The van der Waals surface area contributed by atoms with Gasteiger partial charge in [-0.15, -0.1) is 12.4 Å². The number of carbonyl (C=O) groups excluding carboxylic acids is 1. The molecule has 0 aromatic carbocycles. The van der Waals surface area contributed by atoms with Crippen LogP contribution in [-0.2, 0) is 9.53 Å². The summed E-state index contributed by atoms with van der Waals surface area (Å²) in [6.07, 6.45) is 9.42. The third kappa shape index (κ3) is 6.13. The molecule has 2 fully saturated rings. The minimum absolute atomic E-state index is 0. The van der Waals surface area contributed by atoms with Crippen LogP contribution in [0.25, 0.3) is 0 Å². The van der Waals surface area contributed by atoms with E-state index in [1.165, 1.54) is 25.7 Å². The van der Waals surface area contributed by atoms with Crippen molar-refractivity contribution in [1.82, 2.24) is 5.32 Å². The molecule has 2 saturated carbocycles. The lowest BCUT2D eigenvalue weighted by molar-refractivity contribution is -0.126. The van der Waals surface area contributed by atoms with Gasteiger partial charge < -0.3 is 15.8 Å². The molecule has 4 nitrogen and oxygen atoms in total. The van der Waals surface area contributed by atoms with E-state index < -0.39 is 0 Å². The highest BCUT2D eigenvalue weighted by Crippen LogP contribution is 2.26. The molecule has 21 heavy (non-hydrogen) atoms. The van der Waals surface area contributed by atoms with E-state index >= 15 is 0 Å². The summed E-state index contributed by atoms with van der Waals surface area (Å²) in [6.45, 7) is 3.54. The van der Waals surface area contributed by atoms with Crippen LogP contribution in [-0.4, -0.2) is 31.2 Å². The van der Waals surface area contributed by atoms with E-state index in [2.05, 4.69) is 12.2 Å². The molecule has 4 atom stereocenters. The average molecular weight is 319 g/mol. The number of nitrogens with two attached hydrogens (primary N) is 1. The Morgan fingerprint density at radius 1 is 1.19 bits per heavy atom. The zero-order valence-corrected chi connectivity index (χ0v) is 14.0. The molecule has 0 radical (unpaired) electrons. The number of carbonyl (C=O) groups is 1. The van der Waals surface area contributed by atoms with E-state index in [0.29, 0.717) is 25.2 Å². The Hall–Kier alpha value is -0.320. The number of halogens is 1. The van der Waals surface area contributed by atoms with Crippen LogP contribution in [0.4, 0.5) is 0 Å². The molecule has 2 rings (SSSR count). The number of nitrogens with one attached hydrogen (secondary N) is 1. The third-order valence-electron chi connectivity index (χ3n) is 4.85. The first-order valence-electron chi connectivity index (χ1n) is 8.31. The fourth-order valence-corrected chi connectivity index (χ4v) is 3.52. The molecule has 3 N–H and O–H groups in total. The van der Waals surface area contributed by atoms with Crippen molar-refractivity contribution in [3.05, 3.63) is 0 Å². The highest BCUT2D eigenvalue weighted by atomic mass is 35.5. The lowest BCUT2D eigenvalue weighted by Gasteiger charge is -2.29. The van der Waals surface area contributed by atoms with E-state index in [-0.39, 0.29) is 30.3 Å². The number of ether oxygens (including phenoxy) is 1. The van der Waals surface area contributed by atoms with Crippen molar-refractivity contribution in [3.63, 3.8) is 0 Å². The van der Waals surface area contributed by atoms with E-state index in [1.807, 2.05) is 0 Å². The number of hydrogen-bond donors (Lipinski definition) is 2.